The molecular formula is C8H6BrFN2O3. The van der Waals surface area contributed by atoms with Gasteiger partial charge in [0.25, 0.3) is 5.69 Å². The monoisotopic (exact) mass is 276 g/mol. The summed E-state index contributed by atoms with van der Waals surface area (Å²) in [7, 11) is 0. The Kier molecular flexibility index (Phi) is 3.35. The van der Waals surface area contributed by atoms with Gasteiger partial charge in [0, 0.05) is 6.07 Å². The Morgan fingerprint density at radius 2 is 2.20 bits per heavy atom. The number of ketones is 1. The SMILES string of the molecule is Nc1cc([N+](=O)[O-])cc(F)c1C(=O)CBr. The molecule has 0 atom stereocenters. The Labute approximate surface area is 92.3 Å². The van der Waals surface area contributed by atoms with E-state index in [9.17, 15) is 19.3 Å². The maximum atomic E-state index is 13.3. The van der Waals surface area contributed by atoms with E-state index in [4.69, 9.17) is 5.73 Å². The molecule has 80 valence electrons. The van der Waals surface area contributed by atoms with E-state index < -0.39 is 22.2 Å². The average molecular weight is 277 g/mol. The molecule has 15 heavy (non-hydrogen) atoms. The molecule has 0 spiro atoms. The first kappa shape index (κ1) is 11.6. The van der Waals surface area contributed by atoms with Gasteiger partial charge in [0.2, 0.25) is 0 Å². The molecule has 2 N–H and O–H groups in total. The number of nitrogens with zero attached hydrogens (tertiary/aromatic N) is 1. The number of halogens is 2. The number of hydrogen-bond acceptors (Lipinski definition) is 4. The number of carbonyl (C=O) groups is 1. The zero-order valence-corrected chi connectivity index (χ0v) is 8.95. The van der Waals surface area contributed by atoms with Gasteiger partial charge in [-0.05, 0) is 0 Å². The Bertz CT molecular complexity index is 413. The molecule has 0 radical (unpaired) electrons. The van der Waals surface area contributed by atoms with E-state index in [1.165, 1.54) is 0 Å². The van der Waals surface area contributed by atoms with Crippen LogP contribution in [0.3, 0.4) is 0 Å². The largest absolute Gasteiger partial charge is 0.398 e. The molecule has 0 aliphatic rings. The average Bonchev–Trinajstić information content (AvgIpc) is 2.16. The second kappa shape index (κ2) is 4.35. The van der Waals surface area contributed by atoms with E-state index in [1.807, 2.05) is 0 Å². The van der Waals surface area contributed by atoms with Crippen LogP contribution in [0.15, 0.2) is 12.1 Å². The third kappa shape index (κ3) is 2.30. The van der Waals surface area contributed by atoms with Crippen molar-refractivity contribution in [2.75, 3.05) is 11.1 Å². The summed E-state index contributed by atoms with van der Waals surface area (Å²) in [6.07, 6.45) is 0. The highest BCUT2D eigenvalue weighted by molar-refractivity contribution is 9.09. The molecule has 0 amide bonds. The van der Waals surface area contributed by atoms with Crippen molar-refractivity contribution in [1.82, 2.24) is 0 Å². The number of nitro groups is 1. The molecule has 0 saturated heterocycles. The van der Waals surface area contributed by atoms with Crippen LogP contribution >= 0.6 is 15.9 Å². The third-order valence-corrected chi connectivity index (χ3v) is 2.23. The van der Waals surface area contributed by atoms with E-state index in [2.05, 4.69) is 15.9 Å². The summed E-state index contributed by atoms with van der Waals surface area (Å²) in [5.41, 5.74) is 4.32. The van der Waals surface area contributed by atoms with Gasteiger partial charge >= 0.3 is 0 Å². The number of nitrogens with two attached hydrogens (primary N) is 1. The van der Waals surface area contributed by atoms with Crippen LogP contribution < -0.4 is 5.73 Å². The number of rotatable bonds is 3. The van der Waals surface area contributed by atoms with Crippen molar-refractivity contribution in [2.45, 2.75) is 0 Å². The Hall–Kier alpha value is -1.50. The smallest absolute Gasteiger partial charge is 0.274 e. The van der Waals surface area contributed by atoms with Crippen LogP contribution in [0.1, 0.15) is 10.4 Å². The molecule has 0 fully saturated rings. The summed E-state index contributed by atoms with van der Waals surface area (Å²) >= 11 is 2.86. The second-order valence-corrected chi connectivity index (χ2v) is 3.27. The van der Waals surface area contributed by atoms with Crippen molar-refractivity contribution in [2.24, 2.45) is 0 Å². The molecule has 1 rings (SSSR count). The first-order valence-electron chi connectivity index (χ1n) is 3.80. The fraction of sp³-hybridized carbons (Fsp3) is 0.125. The van der Waals surface area contributed by atoms with Gasteiger partial charge in [-0.3, -0.25) is 14.9 Å². The van der Waals surface area contributed by atoms with E-state index in [1.54, 1.807) is 0 Å². The predicted octanol–water partition coefficient (Wildman–Crippen LogP) is 1.89. The molecule has 0 bridgehead atoms. The lowest BCUT2D eigenvalue weighted by Crippen LogP contribution is -2.08. The van der Waals surface area contributed by atoms with Crippen LogP contribution in [0.2, 0.25) is 0 Å². The van der Waals surface area contributed by atoms with E-state index in [-0.39, 0.29) is 16.6 Å². The topological polar surface area (TPSA) is 86.2 Å². The van der Waals surface area contributed by atoms with Gasteiger partial charge in [-0.25, -0.2) is 4.39 Å². The van der Waals surface area contributed by atoms with Crippen molar-refractivity contribution in [1.29, 1.82) is 0 Å². The van der Waals surface area contributed by atoms with Gasteiger partial charge in [0.05, 0.1) is 27.6 Å². The minimum Gasteiger partial charge on any atom is -0.398 e. The van der Waals surface area contributed by atoms with Crippen LogP contribution in [0.5, 0.6) is 0 Å². The molecule has 5 nitrogen and oxygen atoms in total. The van der Waals surface area contributed by atoms with Crippen molar-refractivity contribution in [3.8, 4) is 0 Å². The molecule has 0 aliphatic heterocycles. The number of alkyl halides is 1. The zero-order chi connectivity index (χ0) is 11.6. The maximum Gasteiger partial charge on any atom is 0.274 e. The summed E-state index contributed by atoms with van der Waals surface area (Å²) in [6, 6.07) is 1.63. The van der Waals surface area contributed by atoms with Crippen LogP contribution in [0.25, 0.3) is 0 Å². The minimum atomic E-state index is -0.980. The normalized spacial score (nSPS) is 10.0. The van der Waals surface area contributed by atoms with Gasteiger partial charge in [-0.15, -0.1) is 0 Å². The molecule has 0 saturated carbocycles. The molecule has 7 heteroatoms. The van der Waals surface area contributed by atoms with Gasteiger partial charge in [0.15, 0.2) is 5.78 Å². The molecule has 0 heterocycles. The fourth-order valence-corrected chi connectivity index (χ4v) is 1.36. The molecule has 0 aromatic heterocycles. The molecule has 1 aromatic carbocycles. The van der Waals surface area contributed by atoms with E-state index >= 15 is 0 Å². The quantitative estimate of drug-likeness (QED) is 0.300. The molecule has 1 aromatic rings. The summed E-state index contributed by atoms with van der Waals surface area (Å²) in [6.45, 7) is 0. The summed E-state index contributed by atoms with van der Waals surface area (Å²) in [5.74, 6) is -1.54. The van der Waals surface area contributed by atoms with Crippen molar-refractivity contribution in [3.63, 3.8) is 0 Å². The standard InChI is InChI=1S/C8H6BrFN2O3/c9-3-7(13)8-5(10)1-4(12(14)15)2-6(8)11/h1-2H,3,11H2. The van der Waals surface area contributed by atoms with Crippen LogP contribution in [0, 0.1) is 15.9 Å². The molecule has 0 aliphatic carbocycles. The number of Topliss-reactive ketones (excluding diaryl/α,β-unsaturated/α-hetero) is 1. The van der Waals surface area contributed by atoms with Crippen molar-refractivity contribution >= 4 is 33.1 Å². The zero-order valence-electron chi connectivity index (χ0n) is 7.37. The number of benzene rings is 1. The van der Waals surface area contributed by atoms with Crippen molar-refractivity contribution < 1.29 is 14.1 Å². The lowest BCUT2D eigenvalue weighted by molar-refractivity contribution is -0.385. The first-order valence-corrected chi connectivity index (χ1v) is 4.92. The number of anilines is 1. The number of non-ortho nitro benzene ring substituents is 1. The number of nitrogen functional groups attached to an aromatic ring is 1. The first-order chi connectivity index (χ1) is 6.97. The van der Waals surface area contributed by atoms with Crippen LogP contribution in [-0.2, 0) is 0 Å². The fourth-order valence-electron chi connectivity index (χ4n) is 1.08. The van der Waals surface area contributed by atoms with Gasteiger partial charge in [0.1, 0.15) is 5.82 Å². The maximum absolute atomic E-state index is 13.3. The van der Waals surface area contributed by atoms with E-state index in [0.717, 1.165) is 6.07 Å². The summed E-state index contributed by atoms with van der Waals surface area (Å²) in [5, 5.41) is 10.3. The predicted molar refractivity (Wildman–Crippen MR) is 55.6 cm³/mol. The lowest BCUT2D eigenvalue weighted by atomic mass is 10.1. The van der Waals surface area contributed by atoms with Gasteiger partial charge in [-0.2, -0.15) is 0 Å². The van der Waals surface area contributed by atoms with Crippen LogP contribution in [-0.4, -0.2) is 16.0 Å². The highest BCUT2D eigenvalue weighted by Gasteiger charge is 2.19. The highest BCUT2D eigenvalue weighted by Crippen LogP contribution is 2.24. The summed E-state index contributed by atoms with van der Waals surface area (Å²) < 4.78 is 13.3. The number of nitro benzene ring substituents is 1. The number of carbonyl (C=O) groups excluding carboxylic acids is 1. The summed E-state index contributed by atoms with van der Waals surface area (Å²) in [4.78, 5) is 20.8. The molecule has 0 unspecified atom stereocenters. The van der Waals surface area contributed by atoms with Gasteiger partial charge in [-0.1, -0.05) is 15.9 Å². The van der Waals surface area contributed by atoms with E-state index in [0.29, 0.717) is 6.07 Å². The number of hydrogen-bond donors (Lipinski definition) is 1. The minimum absolute atomic E-state index is 0.0913. The lowest BCUT2D eigenvalue weighted by Gasteiger charge is -2.03. The Morgan fingerprint density at radius 1 is 1.60 bits per heavy atom. The Balaban J connectivity index is 3.33. The van der Waals surface area contributed by atoms with Crippen molar-refractivity contribution in [3.05, 3.63) is 33.6 Å². The molecular weight excluding hydrogens is 271 g/mol. The van der Waals surface area contributed by atoms with Crippen LogP contribution in [0.4, 0.5) is 15.8 Å². The van der Waals surface area contributed by atoms with Gasteiger partial charge < -0.3 is 5.73 Å². The Morgan fingerprint density at radius 3 is 2.60 bits per heavy atom. The second-order valence-electron chi connectivity index (χ2n) is 2.71. The third-order valence-electron chi connectivity index (χ3n) is 1.72. The highest BCUT2D eigenvalue weighted by atomic mass is 79.9.